The maximum Gasteiger partial charge on any atom is 0.317 e. The molecule has 3 aliphatic rings. The zero-order valence-corrected chi connectivity index (χ0v) is 19.0. The highest BCUT2D eigenvalue weighted by molar-refractivity contribution is 6.43. The molecule has 1 spiro atoms. The molecule has 29 heavy (non-hydrogen) atoms. The van der Waals surface area contributed by atoms with Gasteiger partial charge >= 0.3 is 6.03 Å². The number of nitrogens with one attached hydrogen (secondary N) is 1. The SMILES string of the molecule is CN(C)C(=O)N[C@H]1CC[C@H](CCN2CC3(C2)CN(c2cccc(Cl)c2Cl)C3)CC1. The van der Waals surface area contributed by atoms with Gasteiger partial charge in [-0.15, -0.1) is 0 Å². The first-order chi connectivity index (χ1) is 13.8. The first-order valence-corrected chi connectivity index (χ1v) is 11.5. The van der Waals surface area contributed by atoms with E-state index in [0.29, 0.717) is 21.5 Å². The number of amides is 2. The van der Waals surface area contributed by atoms with E-state index in [1.165, 1.54) is 38.9 Å². The minimum absolute atomic E-state index is 0.0351. The van der Waals surface area contributed by atoms with Crippen LogP contribution in [0.3, 0.4) is 0 Å². The van der Waals surface area contributed by atoms with Crippen LogP contribution in [-0.2, 0) is 0 Å². The molecule has 1 aliphatic carbocycles. The summed E-state index contributed by atoms with van der Waals surface area (Å²) >= 11 is 12.5. The Morgan fingerprint density at radius 3 is 2.48 bits per heavy atom. The number of hydrogen-bond donors (Lipinski definition) is 1. The fourth-order valence-corrected chi connectivity index (χ4v) is 5.61. The minimum atomic E-state index is 0.0351. The van der Waals surface area contributed by atoms with Gasteiger partial charge in [-0.3, -0.25) is 0 Å². The lowest BCUT2D eigenvalue weighted by Gasteiger charge is -2.61. The number of anilines is 1. The van der Waals surface area contributed by atoms with Crippen molar-refractivity contribution in [3.05, 3.63) is 28.2 Å². The number of likely N-dealkylation sites (tertiary alicyclic amines) is 1. The highest BCUT2D eigenvalue weighted by atomic mass is 35.5. The number of hydrogen-bond acceptors (Lipinski definition) is 3. The summed E-state index contributed by atoms with van der Waals surface area (Å²) in [6.45, 7) is 5.78. The predicted molar refractivity (Wildman–Crippen MR) is 120 cm³/mol. The minimum Gasteiger partial charge on any atom is -0.369 e. The van der Waals surface area contributed by atoms with E-state index in [0.717, 1.165) is 37.5 Å². The Kier molecular flexibility index (Phi) is 6.19. The van der Waals surface area contributed by atoms with Crippen LogP contribution in [0.4, 0.5) is 10.5 Å². The quantitative estimate of drug-likeness (QED) is 0.742. The number of rotatable bonds is 5. The van der Waals surface area contributed by atoms with Crippen molar-refractivity contribution in [3.8, 4) is 0 Å². The Labute approximate surface area is 184 Å². The number of carbonyl (C=O) groups is 1. The van der Waals surface area contributed by atoms with Gasteiger partial charge in [0.2, 0.25) is 0 Å². The van der Waals surface area contributed by atoms with Crippen LogP contribution in [0.25, 0.3) is 0 Å². The zero-order valence-electron chi connectivity index (χ0n) is 17.5. The van der Waals surface area contributed by atoms with E-state index in [4.69, 9.17) is 23.2 Å². The molecular formula is C22H32Cl2N4O. The maximum absolute atomic E-state index is 11.8. The third kappa shape index (κ3) is 4.62. The predicted octanol–water partition coefficient (Wildman–Crippen LogP) is 4.34. The zero-order chi connectivity index (χ0) is 20.6. The lowest BCUT2D eigenvalue weighted by Crippen LogP contribution is -2.72. The standard InChI is InChI=1S/C22H32Cl2N4O/c1-26(2)21(29)25-17-8-6-16(7-9-17)10-11-27-12-22(13-27)14-28(15-22)19-5-3-4-18(23)20(19)24/h3-5,16-17H,6-15H2,1-2H3,(H,25,29)/t16-,17-. The molecule has 1 aromatic rings. The number of nitrogens with zero attached hydrogens (tertiary/aromatic N) is 3. The van der Waals surface area contributed by atoms with Gasteiger partial charge < -0.3 is 20.0 Å². The fraction of sp³-hybridized carbons (Fsp3) is 0.682. The van der Waals surface area contributed by atoms with Crippen LogP contribution in [0.1, 0.15) is 32.1 Å². The summed E-state index contributed by atoms with van der Waals surface area (Å²) in [5, 5.41) is 4.45. The molecule has 2 saturated heterocycles. The third-order valence-corrected chi connectivity index (χ3v) is 7.69. The van der Waals surface area contributed by atoms with Crippen LogP contribution >= 0.6 is 23.2 Å². The molecule has 160 valence electrons. The average Bonchev–Trinajstić information content (AvgIpc) is 2.63. The summed E-state index contributed by atoms with van der Waals surface area (Å²) in [6.07, 6.45) is 5.98. The Hall–Kier alpha value is -1.17. The first kappa shape index (κ1) is 21.1. The molecule has 7 heteroatoms. The smallest absolute Gasteiger partial charge is 0.317 e. The third-order valence-electron chi connectivity index (χ3n) is 6.88. The second kappa shape index (κ2) is 8.52. The van der Waals surface area contributed by atoms with Gasteiger partial charge in [-0.1, -0.05) is 29.3 Å². The molecular weight excluding hydrogens is 407 g/mol. The van der Waals surface area contributed by atoms with Crippen molar-refractivity contribution >= 4 is 34.9 Å². The van der Waals surface area contributed by atoms with Gasteiger partial charge in [0.15, 0.2) is 0 Å². The second-order valence-electron chi connectivity index (χ2n) is 9.49. The molecule has 2 aliphatic heterocycles. The van der Waals surface area contributed by atoms with Crippen LogP contribution in [0.2, 0.25) is 10.0 Å². The van der Waals surface area contributed by atoms with Crippen LogP contribution in [0.5, 0.6) is 0 Å². The monoisotopic (exact) mass is 438 g/mol. The summed E-state index contributed by atoms with van der Waals surface area (Å²) in [4.78, 5) is 18.4. The maximum atomic E-state index is 11.8. The summed E-state index contributed by atoms with van der Waals surface area (Å²) in [5.41, 5.74) is 1.53. The number of benzene rings is 1. The van der Waals surface area contributed by atoms with Crippen molar-refractivity contribution in [2.45, 2.75) is 38.1 Å². The molecule has 0 bridgehead atoms. The van der Waals surface area contributed by atoms with E-state index in [9.17, 15) is 4.79 Å². The lowest BCUT2D eigenvalue weighted by molar-refractivity contribution is -0.0252. The normalized spacial score (nSPS) is 26.0. The van der Waals surface area contributed by atoms with E-state index in [1.807, 2.05) is 12.1 Å². The first-order valence-electron chi connectivity index (χ1n) is 10.7. The van der Waals surface area contributed by atoms with Crippen molar-refractivity contribution in [1.29, 1.82) is 0 Å². The van der Waals surface area contributed by atoms with E-state index in [-0.39, 0.29) is 6.03 Å². The molecule has 5 nitrogen and oxygen atoms in total. The molecule has 4 rings (SSSR count). The van der Waals surface area contributed by atoms with Gasteiger partial charge in [0.05, 0.1) is 15.7 Å². The summed E-state index contributed by atoms with van der Waals surface area (Å²) in [7, 11) is 3.59. The van der Waals surface area contributed by atoms with Crippen LogP contribution in [-0.4, -0.2) is 68.7 Å². The summed E-state index contributed by atoms with van der Waals surface area (Å²) in [6, 6.07) is 6.27. The number of urea groups is 1. The molecule has 0 unspecified atom stereocenters. The van der Waals surface area contributed by atoms with Gasteiger partial charge in [0.25, 0.3) is 0 Å². The molecule has 1 N–H and O–H groups in total. The molecule has 2 heterocycles. The van der Waals surface area contributed by atoms with Gasteiger partial charge in [0, 0.05) is 51.7 Å². The Morgan fingerprint density at radius 1 is 1.14 bits per heavy atom. The van der Waals surface area contributed by atoms with E-state index < -0.39 is 0 Å². The molecule has 0 radical (unpaired) electrons. The Bertz CT molecular complexity index is 734. The van der Waals surface area contributed by atoms with Crippen molar-refractivity contribution in [1.82, 2.24) is 15.1 Å². The van der Waals surface area contributed by atoms with Crippen molar-refractivity contribution in [2.24, 2.45) is 11.3 Å². The number of halogens is 2. The summed E-state index contributed by atoms with van der Waals surface area (Å²) < 4.78 is 0. The van der Waals surface area contributed by atoms with E-state index in [2.05, 4.69) is 21.2 Å². The molecule has 2 amide bonds. The van der Waals surface area contributed by atoms with E-state index in [1.54, 1.807) is 19.0 Å². The molecule has 3 fully saturated rings. The van der Waals surface area contributed by atoms with E-state index >= 15 is 0 Å². The van der Waals surface area contributed by atoms with Gasteiger partial charge in [-0.25, -0.2) is 4.79 Å². The highest BCUT2D eigenvalue weighted by Crippen LogP contribution is 2.45. The molecule has 1 saturated carbocycles. The lowest BCUT2D eigenvalue weighted by atomic mass is 9.72. The Balaban J connectivity index is 1.13. The number of carbonyl (C=O) groups excluding carboxylic acids is 1. The van der Waals surface area contributed by atoms with Crippen LogP contribution in [0.15, 0.2) is 18.2 Å². The van der Waals surface area contributed by atoms with Gasteiger partial charge in [0.1, 0.15) is 0 Å². The molecule has 1 aromatic carbocycles. The van der Waals surface area contributed by atoms with Crippen LogP contribution < -0.4 is 10.2 Å². The fourth-order valence-electron chi connectivity index (χ4n) is 5.20. The van der Waals surface area contributed by atoms with Gasteiger partial charge in [-0.05, 0) is 56.7 Å². The van der Waals surface area contributed by atoms with Crippen LogP contribution in [0, 0.1) is 11.3 Å². The molecule has 0 atom stereocenters. The highest BCUT2D eigenvalue weighted by Gasteiger charge is 2.51. The largest absolute Gasteiger partial charge is 0.369 e. The van der Waals surface area contributed by atoms with Crippen molar-refractivity contribution in [2.75, 3.05) is 51.7 Å². The summed E-state index contributed by atoms with van der Waals surface area (Å²) in [5.74, 6) is 0.808. The van der Waals surface area contributed by atoms with Gasteiger partial charge in [-0.2, -0.15) is 0 Å². The Morgan fingerprint density at radius 2 is 1.83 bits per heavy atom. The van der Waals surface area contributed by atoms with Crippen molar-refractivity contribution < 1.29 is 4.79 Å². The average molecular weight is 439 g/mol. The second-order valence-corrected chi connectivity index (χ2v) is 10.3. The van der Waals surface area contributed by atoms with Crippen molar-refractivity contribution in [3.63, 3.8) is 0 Å². The topological polar surface area (TPSA) is 38.8 Å². The molecule has 0 aromatic heterocycles.